The number of hydrogen-bond donors (Lipinski definition) is 0. The molecule has 0 radical (unpaired) electrons. The summed E-state index contributed by atoms with van der Waals surface area (Å²) in [6.07, 6.45) is 3.13. The summed E-state index contributed by atoms with van der Waals surface area (Å²) in [4.78, 5) is 10.8. The van der Waals surface area contributed by atoms with Gasteiger partial charge >= 0.3 is 0 Å². The molecule has 0 fully saturated rings. The maximum atomic E-state index is 10.8. The van der Waals surface area contributed by atoms with Crippen LogP contribution < -0.4 is 14.6 Å². The monoisotopic (exact) mass is 233 g/mol. The summed E-state index contributed by atoms with van der Waals surface area (Å²) in [5.74, 6) is -0.492. The first kappa shape index (κ1) is 12.8. The molecule has 0 aliphatic heterocycles. The lowest BCUT2D eigenvalue weighted by Gasteiger charge is -2.11. The number of ether oxygens (including phenoxy) is 2. The normalized spacial score (nSPS) is 9.41. The van der Waals surface area contributed by atoms with Crippen LogP contribution in [0.25, 0.3) is 0 Å². The van der Waals surface area contributed by atoms with Gasteiger partial charge in [0, 0.05) is 11.6 Å². The highest BCUT2D eigenvalue weighted by atomic mass is 16.5. The van der Waals surface area contributed by atoms with Crippen LogP contribution in [-0.4, -0.2) is 19.2 Å². The molecule has 1 rings (SSSR count). The summed E-state index contributed by atoms with van der Waals surface area (Å²) < 4.78 is 10.5. The Morgan fingerprint density at radius 1 is 1.12 bits per heavy atom. The molecule has 0 saturated carbocycles. The van der Waals surface area contributed by atoms with Crippen LogP contribution in [0.1, 0.15) is 10.4 Å². The van der Waals surface area contributed by atoms with Gasteiger partial charge in [-0.15, -0.1) is 0 Å². The van der Waals surface area contributed by atoms with Crippen molar-refractivity contribution in [3.63, 3.8) is 0 Å². The number of carboxylic acid groups (broad SMARTS) is 1. The second-order valence-electron chi connectivity index (χ2n) is 3.18. The van der Waals surface area contributed by atoms with Gasteiger partial charge in [-0.05, 0) is 12.1 Å². The van der Waals surface area contributed by atoms with Crippen molar-refractivity contribution in [2.45, 2.75) is 0 Å². The molecule has 4 heteroatoms. The molecule has 0 aromatic heterocycles. The van der Waals surface area contributed by atoms with E-state index in [1.807, 2.05) is 0 Å². The van der Waals surface area contributed by atoms with Crippen molar-refractivity contribution in [3.8, 4) is 11.5 Å². The molecule has 17 heavy (non-hydrogen) atoms. The highest BCUT2D eigenvalue weighted by Gasteiger charge is 2.03. The van der Waals surface area contributed by atoms with Gasteiger partial charge in [0.15, 0.2) is 0 Å². The maximum absolute atomic E-state index is 10.8. The second-order valence-corrected chi connectivity index (χ2v) is 3.18. The van der Waals surface area contributed by atoms with Crippen LogP contribution in [0, 0.1) is 0 Å². The number of aromatic carboxylic acids is 1. The van der Waals surface area contributed by atoms with Gasteiger partial charge in [-0.3, -0.25) is 0 Å². The lowest BCUT2D eigenvalue weighted by atomic mass is 10.2. The van der Waals surface area contributed by atoms with Crippen LogP contribution in [0.15, 0.2) is 43.5 Å². The molecular formula is C13H13O4-. The topological polar surface area (TPSA) is 58.6 Å². The van der Waals surface area contributed by atoms with Gasteiger partial charge in [0.05, 0.1) is 5.97 Å². The first-order chi connectivity index (χ1) is 8.17. The summed E-state index contributed by atoms with van der Waals surface area (Å²) in [5.41, 5.74) is 0.00521. The zero-order valence-electron chi connectivity index (χ0n) is 9.35. The van der Waals surface area contributed by atoms with Gasteiger partial charge < -0.3 is 19.4 Å². The van der Waals surface area contributed by atoms with Crippen LogP contribution in [0.4, 0.5) is 0 Å². The van der Waals surface area contributed by atoms with E-state index in [-0.39, 0.29) is 18.8 Å². The van der Waals surface area contributed by atoms with Gasteiger partial charge in [-0.1, -0.05) is 25.3 Å². The molecule has 0 amide bonds. The molecule has 0 aliphatic carbocycles. The fourth-order valence-electron chi connectivity index (χ4n) is 1.17. The lowest BCUT2D eigenvalue weighted by Crippen LogP contribution is -2.22. The molecule has 0 aliphatic rings. The minimum atomic E-state index is -1.28. The smallest absolute Gasteiger partial charge is 0.124 e. The highest BCUT2D eigenvalue weighted by Crippen LogP contribution is 2.22. The van der Waals surface area contributed by atoms with Crippen molar-refractivity contribution in [3.05, 3.63) is 49.1 Å². The molecule has 0 unspecified atom stereocenters. The summed E-state index contributed by atoms with van der Waals surface area (Å²) in [7, 11) is 0. The molecule has 0 N–H and O–H groups in total. The Bertz CT molecular complexity index is 393. The molecule has 0 bridgehead atoms. The van der Waals surface area contributed by atoms with Gasteiger partial charge in [0.2, 0.25) is 0 Å². The van der Waals surface area contributed by atoms with Crippen molar-refractivity contribution < 1.29 is 19.4 Å². The van der Waals surface area contributed by atoms with Crippen LogP contribution in [0.3, 0.4) is 0 Å². The highest BCUT2D eigenvalue weighted by molar-refractivity contribution is 5.86. The Morgan fingerprint density at radius 2 is 1.59 bits per heavy atom. The van der Waals surface area contributed by atoms with E-state index >= 15 is 0 Å². The van der Waals surface area contributed by atoms with E-state index in [1.54, 1.807) is 18.2 Å². The lowest BCUT2D eigenvalue weighted by molar-refractivity contribution is -0.255. The predicted octanol–water partition coefficient (Wildman–Crippen LogP) is 1.18. The van der Waals surface area contributed by atoms with E-state index in [9.17, 15) is 9.90 Å². The van der Waals surface area contributed by atoms with E-state index in [2.05, 4.69) is 13.2 Å². The number of hydrogen-bond acceptors (Lipinski definition) is 4. The molecule has 0 atom stereocenters. The van der Waals surface area contributed by atoms with E-state index in [0.29, 0.717) is 11.5 Å². The van der Waals surface area contributed by atoms with E-state index in [1.165, 1.54) is 12.1 Å². The van der Waals surface area contributed by atoms with Crippen LogP contribution in [0.2, 0.25) is 0 Å². The number of carbonyl (C=O) groups is 1. The first-order valence-electron chi connectivity index (χ1n) is 5.01. The summed E-state index contributed by atoms with van der Waals surface area (Å²) in [6.45, 7) is 7.59. The zero-order chi connectivity index (χ0) is 12.7. The Hall–Kier alpha value is -2.23. The molecule has 1 aromatic rings. The van der Waals surface area contributed by atoms with Gasteiger partial charge in [0.25, 0.3) is 0 Å². The SMILES string of the molecule is C=CCOc1cc(OCC=C)cc(C(=O)[O-])c1. The van der Waals surface area contributed by atoms with Crippen molar-refractivity contribution in [2.75, 3.05) is 13.2 Å². The molecular weight excluding hydrogens is 220 g/mol. The van der Waals surface area contributed by atoms with Crippen LogP contribution >= 0.6 is 0 Å². The first-order valence-corrected chi connectivity index (χ1v) is 5.01. The van der Waals surface area contributed by atoms with Crippen LogP contribution in [0.5, 0.6) is 11.5 Å². The van der Waals surface area contributed by atoms with Crippen molar-refractivity contribution in [1.82, 2.24) is 0 Å². The number of rotatable bonds is 7. The second kappa shape index (κ2) is 6.37. The van der Waals surface area contributed by atoms with Gasteiger partial charge in [-0.2, -0.15) is 0 Å². The van der Waals surface area contributed by atoms with Gasteiger partial charge in [-0.25, -0.2) is 0 Å². The molecule has 0 spiro atoms. The fourth-order valence-corrected chi connectivity index (χ4v) is 1.17. The molecule has 0 heterocycles. The zero-order valence-corrected chi connectivity index (χ0v) is 9.35. The summed E-state index contributed by atoms with van der Waals surface area (Å²) >= 11 is 0. The third-order valence-electron chi connectivity index (χ3n) is 1.85. The predicted molar refractivity (Wildman–Crippen MR) is 62.2 cm³/mol. The Balaban J connectivity index is 2.95. The molecule has 0 saturated heterocycles. The molecule has 1 aromatic carbocycles. The Morgan fingerprint density at radius 3 is 1.94 bits per heavy atom. The average Bonchev–Trinajstić information content (AvgIpc) is 2.33. The Labute approximate surface area is 99.8 Å². The van der Waals surface area contributed by atoms with Crippen molar-refractivity contribution in [2.24, 2.45) is 0 Å². The number of carboxylic acids is 1. The molecule has 4 nitrogen and oxygen atoms in total. The average molecular weight is 233 g/mol. The maximum Gasteiger partial charge on any atom is 0.124 e. The largest absolute Gasteiger partial charge is 0.545 e. The molecule has 90 valence electrons. The van der Waals surface area contributed by atoms with E-state index in [4.69, 9.17) is 9.47 Å². The summed E-state index contributed by atoms with van der Waals surface area (Å²) in [5, 5.41) is 10.8. The third-order valence-corrected chi connectivity index (χ3v) is 1.85. The third kappa shape index (κ3) is 4.03. The fraction of sp³-hybridized carbons (Fsp3) is 0.154. The Kier molecular flexibility index (Phi) is 4.81. The number of benzene rings is 1. The number of carbonyl (C=O) groups excluding carboxylic acids is 1. The van der Waals surface area contributed by atoms with Crippen LogP contribution in [-0.2, 0) is 0 Å². The summed E-state index contributed by atoms with van der Waals surface area (Å²) in [6, 6.07) is 4.35. The van der Waals surface area contributed by atoms with Crippen molar-refractivity contribution >= 4 is 5.97 Å². The van der Waals surface area contributed by atoms with E-state index in [0.717, 1.165) is 0 Å². The minimum absolute atomic E-state index is 0.00521. The minimum Gasteiger partial charge on any atom is -0.545 e. The van der Waals surface area contributed by atoms with E-state index < -0.39 is 5.97 Å². The standard InChI is InChI=1S/C13H14O4/c1-3-5-16-11-7-10(13(14)15)8-12(9-11)17-6-4-2/h3-4,7-9H,1-2,5-6H2,(H,14,15)/p-1. The quantitative estimate of drug-likeness (QED) is 0.663. The van der Waals surface area contributed by atoms with Gasteiger partial charge in [0.1, 0.15) is 24.7 Å². The van der Waals surface area contributed by atoms with Crippen molar-refractivity contribution in [1.29, 1.82) is 0 Å².